The third-order valence-corrected chi connectivity index (χ3v) is 3.44. The van der Waals surface area contributed by atoms with Crippen molar-refractivity contribution in [3.05, 3.63) is 29.3 Å². The van der Waals surface area contributed by atoms with Crippen molar-refractivity contribution in [3.8, 4) is 0 Å². The topological polar surface area (TPSA) is 52.6 Å². The van der Waals surface area contributed by atoms with Crippen LogP contribution in [0.2, 0.25) is 0 Å². The Morgan fingerprint density at radius 3 is 2.29 bits per heavy atom. The molecule has 0 aromatic heterocycles. The molecule has 0 unspecified atom stereocenters. The van der Waals surface area contributed by atoms with E-state index in [0.717, 1.165) is 18.6 Å². The maximum absolute atomic E-state index is 13.9. The van der Waals surface area contributed by atoms with Gasteiger partial charge in [-0.25, -0.2) is 8.78 Å². The molecule has 6 heteroatoms. The van der Waals surface area contributed by atoms with Gasteiger partial charge >= 0.3 is 0 Å². The normalized spacial score (nSPS) is 11.4. The van der Waals surface area contributed by atoms with Gasteiger partial charge in [0.15, 0.2) is 0 Å². The number of rotatable bonds is 6. The lowest BCUT2D eigenvalue weighted by molar-refractivity contribution is 0.0472. The molecule has 0 aliphatic carbocycles. The van der Waals surface area contributed by atoms with Crippen LogP contribution in [-0.4, -0.2) is 41.7 Å². The Bertz CT molecular complexity index is 495. The number of aliphatic hydroxyl groups excluding tert-OH is 1. The highest BCUT2D eigenvalue weighted by molar-refractivity contribution is 5.95. The molecule has 0 atom stereocenters. The number of anilines is 1. The van der Waals surface area contributed by atoms with E-state index in [0.29, 0.717) is 6.54 Å². The quantitative estimate of drug-likeness (QED) is 0.849. The molecular weight excluding hydrogens is 278 g/mol. The number of carbonyl (C=O) groups is 1. The summed E-state index contributed by atoms with van der Waals surface area (Å²) in [6.07, 6.45) is 0.729. The molecule has 0 saturated carbocycles. The summed E-state index contributed by atoms with van der Waals surface area (Å²) in [5, 5.41) is 11.9. The SMILES string of the molecule is CCCNc1c(F)cc(C(=O)N(C)C(C)(C)CO)cc1F. The van der Waals surface area contributed by atoms with Crippen molar-refractivity contribution in [3.63, 3.8) is 0 Å². The molecule has 0 spiro atoms. The van der Waals surface area contributed by atoms with Crippen molar-refractivity contribution in [1.29, 1.82) is 0 Å². The van der Waals surface area contributed by atoms with E-state index in [1.165, 1.54) is 11.9 Å². The number of halogens is 2. The van der Waals surface area contributed by atoms with E-state index in [-0.39, 0.29) is 17.9 Å². The number of carbonyl (C=O) groups excluding carboxylic acids is 1. The van der Waals surface area contributed by atoms with Crippen LogP contribution in [0.3, 0.4) is 0 Å². The number of nitrogens with one attached hydrogen (secondary N) is 1. The van der Waals surface area contributed by atoms with Gasteiger partial charge < -0.3 is 15.3 Å². The lowest BCUT2D eigenvalue weighted by Crippen LogP contribution is -2.47. The summed E-state index contributed by atoms with van der Waals surface area (Å²) in [6, 6.07) is 2.01. The van der Waals surface area contributed by atoms with Crippen molar-refractivity contribution in [1.82, 2.24) is 4.90 Å². The van der Waals surface area contributed by atoms with Gasteiger partial charge in [0.05, 0.1) is 12.1 Å². The maximum atomic E-state index is 13.9. The fraction of sp³-hybridized carbons (Fsp3) is 0.533. The van der Waals surface area contributed by atoms with Gasteiger partial charge in [0.25, 0.3) is 5.91 Å². The Kier molecular flexibility index (Phi) is 5.66. The van der Waals surface area contributed by atoms with Crippen molar-refractivity contribution < 1.29 is 18.7 Å². The minimum absolute atomic E-state index is 0.0870. The van der Waals surface area contributed by atoms with Crippen LogP contribution in [0.1, 0.15) is 37.6 Å². The van der Waals surface area contributed by atoms with Crippen LogP contribution in [-0.2, 0) is 0 Å². The van der Waals surface area contributed by atoms with Crippen molar-refractivity contribution in [2.45, 2.75) is 32.7 Å². The monoisotopic (exact) mass is 300 g/mol. The highest BCUT2D eigenvalue weighted by Gasteiger charge is 2.28. The van der Waals surface area contributed by atoms with E-state index in [1.807, 2.05) is 6.92 Å². The van der Waals surface area contributed by atoms with E-state index in [9.17, 15) is 18.7 Å². The Morgan fingerprint density at radius 2 is 1.86 bits per heavy atom. The first-order valence-corrected chi connectivity index (χ1v) is 6.86. The number of hydrogen-bond donors (Lipinski definition) is 2. The zero-order chi connectivity index (χ0) is 16.2. The second-order valence-corrected chi connectivity index (χ2v) is 5.58. The molecule has 0 bridgehead atoms. The third kappa shape index (κ3) is 3.91. The van der Waals surface area contributed by atoms with Crippen LogP contribution in [0, 0.1) is 11.6 Å². The van der Waals surface area contributed by atoms with Gasteiger partial charge in [-0.05, 0) is 32.4 Å². The van der Waals surface area contributed by atoms with Crippen molar-refractivity contribution in [2.24, 2.45) is 0 Å². The zero-order valence-electron chi connectivity index (χ0n) is 12.8. The van der Waals surface area contributed by atoms with Gasteiger partial charge in [-0.15, -0.1) is 0 Å². The Labute approximate surface area is 123 Å². The van der Waals surface area contributed by atoms with Crippen LogP contribution >= 0.6 is 0 Å². The van der Waals surface area contributed by atoms with Crippen LogP contribution in [0.5, 0.6) is 0 Å². The molecule has 1 amide bonds. The van der Waals surface area contributed by atoms with E-state index >= 15 is 0 Å². The van der Waals surface area contributed by atoms with E-state index in [1.54, 1.807) is 13.8 Å². The summed E-state index contributed by atoms with van der Waals surface area (Å²) in [7, 11) is 1.48. The summed E-state index contributed by atoms with van der Waals surface area (Å²) >= 11 is 0. The Balaban J connectivity index is 3.08. The molecule has 21 heavy (non-hydrogen) atoms. The molecule has 0 saturated heterocycles. The molecule has 0 aliphatic rings. The molecule has 2 N–H and O–H groups in total. The largest absolute Gasteiger partial charge is 0.394 e. The molecule has 0 heterocycles. The first-order valence-electron chi connectivity index (χ1n) is 6.86. The molecule has 118 valence electrons. The molecule has 1 aromatic rings. The number of amides is 1. The maximum Gasteiger partial charge on any atom is 0.254 e. The first-order chi connectivity index (χ1) is 9.74. The summed E-state index contributed by atoms with van der Waals surface area (Å²) in [6.45, 7) is 5.39. The standard InChI is InChI=1S/C15H22F2N2O2/c1-5-6-18-13-11(16)7-10(8-12(13)17)14(21)19(4)15(2,3)9-20/h7-8,18,20H,5-6,9H2,1-4H3. The average Bonchev–Trinajstić information content (AvgIpc) is 2.44. The van der Waals surface area contributed by atoms with Crippen LogP contribution in [0.15, 0.2) is 12.1 Å². The number of likely N-dealkylation sites (N-methyl/N-ethyl adjacent to an activating group) is 1. The van der Waals surface area contributed by atoms with Gasteiger partial charge in [0, 0.05) is 19.2 Å². The van der Waals surface area contributed by atoms with Crippen LogP contribution < -0.4 is 5.32 Å². The van der Waals surface area contributed by atoms with E-state index in [2.05, 4.69) is 5.32 Å². The Morgan fingerprint density at radius 1 is 1.33 bits per heavy atom. The fourth-order valence-electron chi connectivity index (χ4n) is 1.69. The van der Waals surface area contributed by atoms with Crippen LogP contribution in [0.25, 0.3) is 0 Å². The highest BCUT2D eigenvalue weighted by atomic mass is 19.1. The first kappa shape index (κ1) is 17.4. The van der Waals surface area contributed by atoms with E-state index < -0.39 is 23.1 Å². The number of benzene rings is 1. The van der Waals surface area contributed by atoms with Gasteiger partial charge in [0.2, 0.25) is 0 Å². The summed E-state index contributed by atoms with van der Waals surface area (Å²) in [5.74, 6) is -2.15. The van der Waals surface area contributed by atoms with E-state index in [4.69, 9.17) is 0 Å². The predicted molar refractivity (Wildman–Crippen MR) is 78.4 cm³/mol. The minimum Gasteiger partial charge on any atom is -0.394 e. The molecule has 0 aliphatic heterocycles. The lowest BCUT2D eigenvalue weighted by Gasteiger charge is -2.34. The lowest BCUT2D eigenvalue weighted by atomic mass is 10.0. The fourth-order valence-corrected chi connectivity index (χ4v) is 1.69. The second kappa shape index (κ2) is 6.85. The van der Waals surface area contributed by atoms with Crippen molar-refractivity contribution in [2.75, 3.05) is 25.5 Å². The average molecular weight is 300 g/mol. The van der Waals surface area contributed by atoms with Gasteiger partial charge in [-0.2, -0.15) is 0 Å². The van der Waals surface area contributed by atoms with Gasteiger partial charge in [-0.3, -0.25) is 4.79 Å². The number of aliphatic hydroxyl groups is 1. The molecule has 1 aromatic carbocycles. The van der Waals surface area contributed by atoms with Gasteiger partial charge in [-0.1, -0.05) is 6.92 Å². The molecular formula is C15H22F2N2O2. The molecule has 0 radical (unpaired) electrons. The predicted octanol–water partition coefficient (Wildman–Crippen LogP) is 2.63. The Hall–Kier alpha value is -1.69. The molecule has 4 nitrogen and oxygen atoms in total. The van der Waals surface area contributed by atoms with Gasteiger partial charge in [0.1, 0.15) is 17.3 Å². The smallest absolute Gasteiger partial charge is 0.254 e. The number of hydrogen-bond acceptors (Lipinski definition) is 3. The van der Waals surface area contributed by atoms with Crippen molar-refractivity contribution >= 4 is 11.6 Å². The highest BCUT2D eigenvalue weighted by Crippen LogP contribution is 2.23. The summed E-state index contributed by atoms with van der Waals surface area (Å²) in [4.78, 5) is 13.5. The summed E-state index contributed by atoms with van der Waals surface area (Å²) in [5.41, 5.74) is -1.13. The number of nitrogens with zero attached hydrogens (tertiary/aromatic N) is 1. The minimum atomic E-state index is -0.816. The third-order valence-electron chi connectivity index (χ3n) is 3.44. The van der Waals surface area contributed by atoms with Crippen LogP contribution in [0.4, 0.5) is 14.5 Å². The summed E-state index contributed by atoms with van der Waals surface area (Å²) < 4.78 is 27.8. The molecule has 1 rings (SSSR count). The second-order valence-electron chi connectivity index (χ2n) is 5.58. The molecule has 0 fully saturated rings. The zero-order valence-corrected chi connectivity index (χ0v) is 12.8.